The number of amides is 1. The molecule has 0 atom stereocenters. The number of hydrogen-bond donors (Lipinski definition) is 1. The first kappa shape index (κ1) is 15.3. The van der Waals surface area contributed by atoms with Crippen molar-refractivity contribution in [2.75, 3.05) is 18.0 Å². The second-order valence-electron chi connectivity index (χ2n) is 6.06. The summed E-state index contributed by atoms with van der Waals surface area (Å²) in [6, 6.07) is 6.58. The number of aromatic amines is 1. The molecule has 1 N–H and O–H groups in total. The smallest absolute Gasteiger partial charge is 0.243 e. The highest BCUT2D eigenvalue weighted by atomic mass is 32.2. The average molecular weight is 346 g/mol. The van der Waals surface area contributed by atoms with Crippen molar-refractivity contribution in [1.82, 2.24) is 14.3 Å². The number of nitrogens with one attached hydrogen (secondary N) is 1. The molecule has 1 saturated heterocycles. The Hall–Kier alpha value is -2.19. The molecule has 0 radical (unpaired) electrons. The van der Waals surface area contributed by atoms with Gasteiger partial charge in [0.25, 0.3) is 0 Å². The minimum Gasteiger partial charge on any atom is -0.347 e. The first-order valence-electron chi connectivity index (χ1n) is 7.97. The van der Waals surface area contributed by atoms with E-state index in [0.29, 0.717) is 32.5 Å². The normalized spacial score (nSPS) is 18.8. The molecular formula is C16H18N4O3S. The second kappa shape index (κ2) is 5.71. The Labute approximate surface area is 140 Å². The lowest BCUT2D eigenvalue weighted by Crippen LogP contribution is -2.36. The van der Waals surface area contributed by atoms with Crippen LogP contribution in [0.5, 0.6) is 0 Å². The lowest BCUT2D eigenvalue weighted by molar-refractivity contribution is -0.117. The van der Waals surface area contributed by atoms with Gasteiger partial charge in [0.15, 0.2) is 0 Å². The number of benzene rings is 1. The topological polar surface area (TPSA) is 86.4 Å². The van der Waals surface area contributed by atoms with Gasteiger partial charge in [0.05, 0.1) is 29.2 Å². The first-order chi connectivity index (χ1) is 11.6. The number of aromatic nitrogens is 2. The minimum absolute atomic E-state index is 0.0911. The fraction of sp³-hybridized carbons (Fsp3) is 0.375. The van der Waals surface area contributed by atoms with E-state index in [0.717, 1.165) is 23.5 Å². The fourth-order valence-corrected chi connectivity index (χ4v) is 4.67. The zero-order valence-corrected chi connectivity index (χ0v) is 13.9. The number of nitrogens with zero attached hydrogens (tertiary/aromatic N) is 3. The van der Waals surface area contributed by atoms with Gasteiger partial charge >= 0.3 is 0 Å². The van der Waals surface area contributed by atoms with Crippen LogP contribution in [0.15, 0.2) is 35.5 Å². The molecule has 1 amide bonds. The van der Waals surface area contributed by atoms with Gasteiger partial charge in [-0.15, -0.1) is 0 Å². The molecule has 1 aromatic carbocycles. The highest BCUT2D eigenvalue weighted by molar-refractivity contribution is 7.89. The van der Waals surface area contributed by atoms with Crippen molar-refractivity contribution >= 4 is 21.6 Å². The van der Waals surface area contributed by atoms with Crippen LogP contribution in [0.2, 0.25) is 0 Å². The molecule has 126 valence electrons. The highest BCUT2D eigenvalue weighted by Crippen LogP contribution is 2.26. The van der Waals surface area contributed by atoms with Crippen molar-refractivity contribution in [3.05, 3.63) is 42.0 Å². The van der Waals surface area contributed by atoms with Gasteiger partial charge in [-0.1, -0.05) is 0 Å². The summed E-state index contributed by atoms with van der Waals surface area (Å²) in [6.45, 7) is 1.43. The molecule has 2 aliphatic rings. The van der Waals surface area contributed by atoms with E-state index in [1.54, 1.807) is 35.5 Å². The Balaban J connectivity index is 1.57. The SMILES string of the molecule is O=C1CCCN1c1ccc(S(=O)(=O)N2CCc3nc[nH]c3C2)cc1. The monoisotopic (exact) mass is 346 g/mol. The highest BCUT2D eigenvalue weighted by Gasteiger charge is 2.30. The van der Waals surface area contributed by atoms with Crippen LogP contribution in [0.3, 0.4) is 0 Å². The van der Waals surface area contributed by atoms with E-state index in [9.17, 15) is 13.2 Å². The van der Waals surface area contributed by atoms with E-state index in [1.807, 2.05) is 0 Å². The molecule has 0 spiro atoms. The molecule has 0 saturated carbocycles. The zero-order valence-electron chi connectivity index (χ0n) is 13.1. The number of anilines is 1. The predicted molar refractivity (Wildman–Crippen MR) is 87.9 cm³/mol. The van der Waals surface area contributed by atoms with Crippen LogP contribution >= 0.6 is 0 Å². The Morgan fingerprint density at radius 3 is 2.58 bits per heavy atom. The Morgan fingerprint density at radius 2 is 1.88 bits per heavy atom. The number of fused-ring (bicyclic) bond motifs is 1. The summed E-state index contributed by atoms with van der Waals surface area (Å²) >= 11 is 0. The minimum atomic E-state index is -3.55. The number of carbonyl (C=O) groups is 1. The van der Waals surface area contributed by atoms with Gasteiger partial charge in [0, 0.05) is 31.6 Å². The largest absolute Gasteiger partial charge is 0.347 e. The number of hydrogen-bond acceptors (Lipinski definition) is 4. The van der Waals surface area contributed by atoms with Gasteiger partial charge in [-0.05, 0) is 30.7 Å². The average Bonchev–Trinajstić information content (AvgIpc) is 3.22. The van der Waals surface area contributed by atoms with E-state index in [-0.39, 0.29) is 10.8 Å². The van der Waals surface area contributed by atoms with E-state index < -0.39 is 10.0 Å². The summed E-state index contributed by atoms with van der Waals surface area (Å²) in [4.78, 5) is 20.9. The van der Waals surface area contributed by atoms with Crippen molar-refractivity contribution in [2.24, 2.45) is 0 Å². The lowest BCUT2D eigenvalue weighted by atomic mass is 10.2. The number of imidazole rings is 1. The third-order valence-corrected chi connectivity index (χ3v) is 6.46. The molecule has 2 aromatic rings. The molecule has 8 heteroatoms. The fourth-order valence-electron chi connectivity index (χ4n) is 3.26. The summed E-state index contributed by atoms with van der Waals surface area (Å²) in [7, 11) is -3.55. The molecule has 1 aromatic heterocycles. The maximum atomic E-state index is 12.8. The number of carbonyl (C=O) groups excluding carboxylic acids is 1. The molecule has 2 aliphatic heterocycles. The lowest BCUT2D eigenvalue weighted by Gasteiger charge is -2.25. The maximum Gasteiger partial charge on any atom is 0.243 e. The maximum absolute atomic E-state index is 12.8. The van der Waals surface area contributed by atoms with Crippen LogP contribution in [0.1, 0.15) is 24.2 Å². The van der Waals surface area contributed by atoms with E-state index in [1.165, 1.54) is 4.31 Å². The van der Waals surface area contributed by atoms with Gasteiger partial charge in [-0.25, -0.2) is 13.4 Å². The first-order valence-corrected chi connectivity index (χ1v) is 9.41. The number of sulfonamides is 1. The van der Waals surface area contributed by atoms with E-state index in [4.69, 9.17) is 0 Å². The van der Waals surface area contributed by atoms with Crippen molar-refractivity contribution in [2.45, 2.75) is 30.7 Å². The third-order valence-electron chi connectivity index (χ3n) is 4.60. The molecule has 0 aliphatic carbocycles. The van der Waals surface area contributed by atoms with Crippen molar-refractivity contribution in [3.63, 3.8) is 0 Å². The molecule has 0 unspecified atom stereocenters. The third kappa shape index (κ3) is 2.51. The van der Waals surface area contributed by atoms with E-state index in [2.05, 4.69) is 9.97 Å². The van der Waals surface area contributed by atoms with E-state index >= 15 is 0 Å². The van der Waals surface area contributed by atoms with Crippen LogP contribution in [-0.4, -0.2) is 41.7 Å². The van der Waals surface area contributed by atoms with Crippen LogP contribution in [0, 0.1) is 0 Å². The molecule has 1 fully saturated rings. The predicted octanol–water partition coefficient (Wildman–Crippen LogP) is 1.28. The standard InChI is InChI=1S/C16H18N4O3S/c21-16-2-1-8-20(16)12-3-5-13(6-4-12)24(22,23)19-9-7-14-15(10-19)18-11-17-14/h3-6,11H,1-2,7-10H2,(H,17,18). The molecule has 3 heterocycles. The van der Waals surface area contributed by atoms with Crippen molar-refractivity contribution in [3.8, 4) is 0 Å². The van der Waals surface area contributed by atoms with Gasteiger partial charge in [-0.2, -0.15) is 4.31 Å². The zero-order chi connectivity index (χ0) is 16.7. The molecule has 4 rings (SSSR count). The summed E-state index contributed by atoms with van der Waals surface area (Å²) in [5.41, 5.74) is 2.54. The van der Waals surface area contributed by atoms with Gasteiger partial charge in [0.2, 0.25) is 15.9 Å². The molecule has 7 nitrogen and oxygen atoms in total. The van der Waals surface area contributed by atoms with Crippen LogP contribution in [0.4, 0.5) is 5.69 Å². The molecular weight excluding hydrogens is 328 g/mol. The van der Waals surface area contributed by atoms with Crippen molar-refractivity contribution in [1.29, 1.82) is 0 Å². The van der Waals surface area contributed by atoms with Crippen molar-refractivity contribution < 1.29 is 13.2 Å². The second-order valence-corrected chi connectivity index (χ2v) is 8.00. The molecule has 0 bridgehead atoms. The Bertz CT molecular complexity index is 873. The summed E-state index contributed by atoms with van der Waals surface area (Å²) in [6.07, 6.45) is 3.61. The van der Waals surface area contributed by atoms with Crippen LogP contribution in [-0.2, 0) is 27.8 Å². The van der Waals surface area contributed by atoms with Crippen LogP contribution < -0.4 is 4.90 Å². The quantitative estimate of drug-likeness (QED) is 0.907. The van der Waals surface area contributed by atoms with Crippen LogP contribution in [0.25, 0.3) is 0 Å². The Kier molecular flexibility index (Phi) is 3.65. The summed E-state index contributed by atoms with van der Waals surface area (Å²) in [5, 5.41) is 0. The number of rotatable bonds is 3. The van der Waals surface area contributed by atoms with Gasteiger partial charge in [0.1, 0.15) is 0 Å². The van der Waals surface area contributed by atoms with Gasteiger partial charge in [-0.3, -0.25) is 4.79 Å². The summed E-state index contributed by atoms with van der Waals surface area (Å²) in [5.74, 6) is 0.0911. The van der Waals surface area contributed by atoms with Gasteiger partial charge < -0.3 is 9.88 Å². The molecule has 24 heavy (non-hydrogen) atoms. The summed E-state index contributed by atoms with van der Waals surface area (Å²) < 4.78 is 27.1. The Morgan fingerprint density at radius 1 is 1.08 bits per heavy atom. The number of H-pyrrole nitrogens is 1.